The fraction of sp³-hybridized carbons (Fsp3) is 0.750. The average molecular weight is 378 g/mol. The molecule has 2 heterocycles. The van der Waals surface area contributed by atoms with E-state index in [0.717, 1.165) is 0 Å². The van der Waals surface area contributed by atoms with E-state index < -0.39 is 29.5 Å². The van der Waals surface area contributed by atoms with Gasteiger partial charge in [0.1, 0.15) is 16.9 Å². The number of hydrogen-bond donors (Lipinski definition) is 2. The lowest BCUT2D eigenvalue weighted by Crippen LogP contribution is -2.39. The van der Waals surface area contributed by atoms with Crippen LogP contribution in [-0.2, 0) is 35.3 Å². The maximum Gasteiger partial charge on any atom is 0.420 e. The Balaban J connectivity index is 1.93. The molecule has 1 amide bonds. The number of halogens is 3. The van der Waals surface area contributed by atoms with Crippen molar-refractivity contribution < 1.29 is 27.4 Å². The molecule has 2 rings (SSSR count). The zero-order chi connectivity index (χ0) is 19.5. The maximum atomic E-state index is 13.4. The van der Waals surface area contributed by atoms with Gasteiger partial charge in [0.15, 0.2) is 0 Å². The van der Waals surface area contributed by atoms with Gasteiger partial charge in [0.25, 0.3) is 0 Å². The highest BCUT2D eigenvalue weighted by Crippen LogP contribution is 2.35. The molecule has 1 atom stereocenters. The largest absolute Gasteiger partial charge is 0.444 e. The third kappa shape index (κ3) is 5.60. The standard InChI is InChI=1S/C16H25F3N4O3/c1-10(21-14(24)26-15(2,3)4)8-25-9-11-13(16(17,18)19)12-7-20-5-6-23(12)22-11/h10,20H,5-9H2,1-4H3,(H,21,24)/t10-/m0/s1. The molecule has 0 spiro atoms. The Labute approximate surface area is 150 Å². The number of alkyl halides is 3. The smallest absolute Gasteiger partial charge is 0.420 e. The van der Waals surface area contributed by atoms with Gasteiger partial charge in [-0.05, 0) is 27.7 Å². The quantitative estimate of drug-likeness (QED) is 0.823. The molecule has 2 N–H and O–H groups in total. The summed E-state index contributed by atoms with van der Waals surface area (Å²) in [6.07, 6.45) is -5.10. The van der Waals surface area contributed by atoms with Crippen molar-refractivity contribution in [3.05, 3.63) is 17.0 Å². The lowest BCUT2D eigenvalue weighted by atomic mass is 10.1. The first-order chi connectivity index (χ1) is 12.0. The second-order valence-electron chi connectivity index (χ2n) is 7.23. The van der Waals surface area contributed by atoms with Gasteiger partial charge in [-0.15, -0.1) is 0 Å². The van der Waals surface area contributed by atoms with Gasteiger partial charge in [0, 0.05) is 13.1 Å². The molecule has 148 valence electrons. The summed E-state index contributed by atoms with van der Waals surface area (Å²) in [5, 5.41) is 9.53. The number of aromatic nitrogens is 2. The molecule has 1 aromatic rings. The van der Waals surface area contributed by atoms with Gasteiger partial charge in [0.2, 0.25) is 0 Å². The van der Waals surface area contributed by atoms with Crippen LogP contribution in [-0.4, -0.2) is 40.7 Å². The molecule has 0 radical (unpaired) electrons. The van der Waals surface area contributed by atoms with Crippen molar-refractivity contribution in [3.63, 3.8) is 0 Å². The number of amides is 1. The van der Waals surface area contributed by atoms with Gasteiger partial charge in [-0.2, -0.15) is 18.3 Å². The van der Waals surface area contributed by atoms with E-state index in [4.69, 9.17) is 9.47 Å². The third-order valence-corrected chi connectivity index (χ3v) is 3.58. The molecule has 1 aliphatic heterocycles. The second kappa shape index (κ2) is 7.83. The van der Waals surface area contributed by atoms with Crippen molar-refractivity contribution in [2.24, 2.45) is 0 Å². The molecule has 1 aromatic heterocycles. The summed E-state index contributed by atoms with van der Waals surface area (Å²) < 4.78 is 52.0. The van der Waals surface area contributed by atoms with Crippen molar-refractivity contribution in [1.82, 2.24) is 20.4 Å². The van der Waals surface area contributed by atoms with Crippen molar-refractivity contribution >= 4 is 6.09 Å². The van der Waals surface area contributed by atoms with Crippen LogP contribution >= 0.6 is 0 Å². The Kier molecular flexibility index (Phi) is 6.17. The molecule has 1 aliphatic rings. The normalized spacial score (nSPS) is 16.1. The summed E-state index contributed by atoms with van der Waals surface area (Å²) >= 11 is 0. The van der Waals surface area contributed by atoms with Crippen LogP contribution in [0.2, 0.25) is 0 Å². The highest BCUT2D eigenvalue weighted by Gasteiger charge is 2.40. The molecule has 0 unspecified atom stereocenters. The Morgan fingerprint density at radius 1 is 1.38 bits per heavy atom. The number of ether oxygens (including phenoxy) is 2. The minimum atomic E-state index is -4.49. The van der Waals surface area contributed by atoms with Gasteiger partial charge in [-0.1, -0.05) is 0 Å². The van der Waals surface area contributed by atoms with Crippen LogP contribution in [0.1, 0.15) is 44.6 Å². The van der Waals surface area contributed by atoms with Gasteiger partial charge >= 0.3 is 12.3 Å². The highest BCUT2D eigenvalue weighted by atomic mass is 19.4. The third-order valence-electron chi connectivity index (χ3n) is 3.58. The van der Waals surface area contributed by atoms with Gasteiger partial charge in [0.05, 0.1) is 31.5 Å². The minimum absolute atomic E-state index is 0.0387. The number of fused-ring (bicyclic) bond motifs is 1. The first-order valence-electron chi connectivity index (χ1n) is 8.41. The lowest BCUT2D eigenvalue weighted by Gasteiger charge is -2.21. The van der Waals surface area contributed by atoms with E-state index in [1.54, 1.807) is 27.7 Å². The molecule has 10 heteroatoms. The van der Waals surface area contributed by atoms with Crippen molar-refractivity contribution in [3.8, 4) is 0 Å². The van der Waals surface area contributed by atoms with Crippen molar-refractivity contribution in [2.45, 2.75) is 65.2 Å². The summed E-state index contributed by atoms with van der Waals surface area (Å²) in [4.78, 5) is 11.7. The van der Waals surface area contributed by atoms with Crippen LogP contribution in [0.15, 0.2) is 0 Å². The van der Waals surface area contributed by atoms with E-state index in [1.165, 1.54) is 4.68 Å². The summed E-state index contributed by atoms with van der Waals surface area (Å²) in [5.74, 6) is 0. The second-order valence-corrected chi connectivity index (χ2v) is 7.23. The van der Waals surface area contributed by atoms with Crippen LogP contribution < -0.4 is 10.6 Å². The van der Waals surface area contributed by atoms with E-state index in [0.29, 0.717) is 13.1 Å². The summed E-state index contributed by atoms with van der Waals surface area (Å²) in [6, 6.07) is -0.418. The van der Waals surface area contributed by atoms with Gasteiger partial charge < -0.3 is 20.1 Å². The van der Waals surface area contributed by atoms with Gasteiger partial charge in [-0.25, -0.2) is 4.79 Å². The number of hydrogen-bond acceptors (Lipinski definition) is 5. The minimum Gasteiger partial charge on any atom is -0.444 e. The summed E-state index contributed by atoms with van der Waals surface area (Å²) in [6.45, 7) is 7.73. The fourth-order valence-electron chi connectivity index (χ4n) is 2.62. The number of carbonyl (C=O) groups is 1. The Morgan fingerprint density at radius 2 is 2.08 bits per heavy atom. The van der Waals surface area contributed by atoms with Crippen molar-refractivity contribution in [2.75, 3.05) is 13.2 Å². The maximum absolute atomic E-state index is 13.4. The molecular formula is C16H25F3N4O3. The summed E-state index contributed by atoms with van der Waals surface area (Å²) in [5.41, 5.74) is -1.38. The number of rotatable bonds is 5. The molecule has 0 saturated carbocycles. The first-order valence-corrected chi connectivity index (χ1v) is 8.41. The molecule has 0 bridgehead atoms. The lowest BCUT2D eigenvalue weighted by molar-refractivity contribution is -0.139. The predicted molar refractivity (Wildman–Crippen MR) is 87.4 cm³/mol. The molecule has 0 aromatic carbocycles. The Bertz CT molecular complexity index is 638. The fourth-order valence-corrected chi connectivity index (χ4v) is 2.62. The first kappa shape index (κ1) is 20.5. The molecule has 7 nitrogen and oxygen atoms in total. The predicted octanol–water partition coefficient (Wildman–Crippen LogP) is 2.43. The van der Waals surface area contributed by atoms with E-state index in [1.807, 2.05) is 0 Å². The van der Waals surface area contributed by atoms with Gasteiger partial charge in [-0.3, -0.25) is 4.68 Å². The van der Waals surface area contributed by atoms with E-state index >= 15 is 0 Å². The summed E-state index contributed by atoms with van der Waals surface area (Å²) in [7, 11) is 0. The molecular weight excluding hydrogens is 353 g/mol. The number of nitrogens with one attached hydrogen (secondary N) is 2. The number of carbonyl (C=O) groups excluding carboxylic acids is 1. The van der Waals surface area contributed by atoms with Crippen LogP contribution in [0.3, 0.4) is 0 Å². The molecule has 0 fully saturated rings. The SMILES string of the molecule is C[C@@H](COCc1nn2c(c1C(F)(F)F)CNCC2)NC(=O)OC(C)(C)C. The van der Waals surface area contributed by atoms with Crippen LogP contribution in [0.4, 0.5) is 18.0 Å². The highest BCUT2D eigenvalue weighted by molar-refractivity contribution is 5.68. The Hall–Kier alpha value is -1.81. The monoisotopic (exact) mass is 378 g/mol. The molecule has 0 aliphatic carbocycles. The van der Waals surface area contributed by atoms with E-state index in [9.17, 15) is 18.0 Å². The Morgan fingerprint density at radius 3 is 2.69 bits per heavy atom. The zero-order valence-corrected chi connectivity index (χ0v) is 15.4. The molecule has 0 saturated heterocycles. The topological polar surface area (TPSA) is 77.4 Å². The van der Waals surface area contributed by atoms with Crippen LogP contribution in [0.5, 0.6) is 0 Å². The number of nitrogens with zero attached hydrogens (tertiary/aromatic N) is 2. The van der Waals surface area contributed by atoms with Crippen LogP contribution in [0.25, 0.3) is 0 Å². The van der Waals surface area contributed by atoms with E-state index in [-0.39, 0.29) is 31.1 Å². The van der Waals surface area contributed by atoms with Crippen molar-refractivity contribution in [1.29, 1.82) is 0 Å². The molecule has 26 heavy (non-hydrogen) atoms. The van der Waals surface area contributed by atoms with E-state index in [2.05, 4.69) is 15.7 Å². The number of alkyl carbamates (subject to hydrolysis) is 1. The van der Waals surface area contributed by atoms with Crippen LogP contribution in [0, 0.1) is 0 Å². The zero-order valence-electron chi connectivity index (χ0n) is 15.4. The average Bonchev–Trinajstić information content (AvgIpc) is 2.82.